The number of carbonyl (C=O) groups excluding carboxylic acids is 1. The summed E-state index contributed by atoms with van der Waals surface area (Å²) >= 11 is 0. The molecule has 29 heavy (non-hydrogen) atoms. The van der Waals surface area contributed by atoms with Gasteiger partial charge in [0.05, 0.1) is 7.11 Å². The van der Waals surface area contributed by atoms with Gasteiger partial charge in [0.1, 0.15) is 11.6 Å². The second kappa shape index (κ2) is 9.15. The van der Waals surface area contributed by atoms with E-state index in [2.05, 4.69) is 5.32 Å². The molecular weight excluding hydrogens is 385 g/mol. The van der Waals surface area contributed by atoms with E-state index in [4.69, 9.17) is 9.47 Å². The molecule has 1 N–H and O–H groups in total. The van der Waals surface area contributed by atoms with Crippen molar-refractivity contribution in [1.82, 2.24) is 0 Å². The first-order chi connectivity index (χ1) is 13.6. The number of nitrogens with zero attached hydrogens (tertiary/aromatic N) is 1. The highest BCUT2D eigenvalue weighted by atomic mass is 19.4. The van der Waals surface area contributed by atoms with E-state index < -0.39 is 18.7 Å². The molecule has 0 spiro atoms. The molecule has 0 saturated carbocycles. The minimum absolute atomic E-state index is 0.0513. The van der Waals surface area contributed by atoms with Gasteiger partial charge < -0.3 is 14.8 Å². The molecule has 2 aromatic carbocycles. The quantitative estimate of drug-likeness (QED) is 0.555. The van der Waals surface area contributed by atoms with E-state index in [1.165, 1.54) is 31.4 Å². The second-order valence-electron chi connectivity index (χ2n) is 6.20. The first-order valence-electron chi connectivity index (χ1n) is 8.51. The Hall–Kier alpha value is -3.47. The van der Waals surface area contributed by atoms with Crippen LogP contribution in [-0.2, 0) is 4.79 Å². The molecule has 0 bridgehead atoms. The summed E-state index contributed by atoms with van der Waals surface area (Å²) in [6, 6.07) is 11.5. The summed E-state index contributed by atoms with van der Waals surface area (Å²) in [4.78, 5) is 12.5. The molecule has 1 amide bonds. The number of para-hydroxylation sites is 1. The topological polar surface area (TPSA) is 71.3 Å². The molecule has 0 atom stereocenters. The highest BCUT2D eigenvalue weighted by molar-refractivity contribution is 6.10. The molecule has 0 radical (unpaired) electrons. The van der Waals surface area contributed by atoms with Crippen molar-refractivity contribution in [2.24, 2.45) is 0 Å². The van der Waals surface area contributed by atoms with Crippen LogP contribution in [0.25, 0.3) is 6.08 Å². The largest absolute Gasteiger partial charge is 0.493 e. The number of halogens is 3. The first-order valence-corrected chi connectivity index (χ1v) is 8.51. The fraction of sp³-hybridized carbons (Fsp3) is 0.238. The molecule has 152 valence electrons. The summed E-state index contributed by atoms with van der Waals surface area (Å²) < 4.78 is 46.8. The van der Waals surface area contributed by atoms with Crippen LogP contribution in [0.15, 0.2) is 42.0 Å². The van der Waals surface area contributed by atoms with Gasteiger partial charge in [-0.1, -0.05) is 24.3 Å². The third-order valence-corrected chi connectivity index (χ3v) is 3.97. The molecule has 8 heteroatoms. The average molecular weight is 404 g/mol. The third-order valence-electron chi connectivity index (χ3n) is 3.97. The average Bonchev–Trinajstić information content (AvgIpc) is 2.66. The van der Waals surface area contributed by atoms with Crippen LogP contribution in [0.4, 0.5) is 18.9 Å². The van der Waals surface area contributed by atoms with Crippen molar-refractivity contribution >= 4 is 17.7 Å². The van der Waals surface area contributed by atoms with Crippen LogP contribution in [0.5, 0.6) is 11.5 Å². The fourth-order valence-electron chi connectivity index (χ4n) is 2.56. The summed E-state index contributed by atoms with van der Waals surface area (Å²) in [6.07, 6.45) is -3.16. The minimum Gasteiger partial charge on any atom is -0.493 e. The van der Waals surface area contributed by atoms with Crippen LogP contribution in [0, 0.1) is 25.2 Å². The highest BCUT2D eigenvalue weighted by Gasteiger charge is 2.29. The van der Waals surface area contributed by atoms with Crippen LogP contribution in [-0.4, -0.2) is 25.8 Å². The Balaban J connectivity index is 2.26. The van der Waals surface area contributed by atoms with Gasteiger partial charge in [-0.2, -0.15) is 18.4 Å². The maximum Gasteiger partial charge on any atom is 0.422 e. The normalized spacial score (nSPS) is 11.6. The predicted octanol–water partition coefficient (Wildman–Crippen LogP) is 4.80. The summed E-state index contributed by atoms with van der Waals surface area (Å²) in [6.45, 7) is 2.21. The lowest BCUT2D eigenvalue weighted by molar-refractivity contribution is -0.153. The molecule has 0 saturated heterocycles. The molecule has 0 heterocycles. The number of hydrogen-bond donors (Lipinski definition) is 1. The Labute approximate surface area is 166 Å². The number of nitriles is 1. The van der Waals surface area contributed by atoms with Gasteiger partial charge in [-0.25, -0.2) is 0 Å². The number of nitrogens with one attached hydrogen (secondary N) is 1. The summed E-state index contributed by atoms with van der Waals surface area (Å²) in [5.41, 5.74) is 2.55. The van der Waals surface area contributed by atoms with Gasteiger partial charge in [-0.3, -0.25) is 4.79 Å². The van der Waals surface area contributed by atoms with Crippen LogP contribution in [0.1, 0.15) is 16.7 Å². The Bertz CT molecular complexity index is 956. The Kier molecular flexibility index (Phi) is 6.89. The number of alkyl halides is 3. The first kappa shape index (κ1) is 21.8. The van der Waals surface area contributed by atoms with E-state index in [1.54, 1.807) is 0 Å². The van der Waals surface area contributed by atoms with Gasteiger partial charge in [-0.15, -0.1) is 0 Å². The monoisotopic (exact) mass is 404 g/mol. The lowest BCUT2D eigenvalue weighted by atomic mass is 10.1. The number of amides is 1. The Morgan fingerprint density at radius 2 is 1.83 bits per heavy atom. The van der Waals surface area contributed by atoms with Gasteiger partial charge in [0.25, 0.3) is 5.91 Å². The van der Waals surface area contributed by atoms with Crippen molar-refractivity contribution in [1.29, 1.82) is 5.26 Å². The van der Waals surface area contributed by atoms with Crippen molar-refractivity contribution in [3.63, 3.8) is 0 Å². The van der Waals surface area contributed by atoms with E-state index in [0.717, 1.165) is 11.1 Å². The van der Waals surface area contributed by atoms with Crippen LogP contribution in [0.3, 0.4) is 0 Å². The lowest BCUT2D eigenvalue weighted by Crippen LogP contribution is -2.19. The number of hydrogen-bond acceptors (Lipinski definition) is 4. The molecule has 2 rings (SSSR count). The van der Waals surface area contributed by atoms with Gasteiger partial charge >= 0.3 is 6.18 Å². The molecule has 0 fully saturated rings. The van der Waals surface area contributed by atoms with E-state index in [-0.39, 0.29) is 17.1 Å². The van der Waals surface area contributed by atoms with Crippen LogP contribution < -0.4 is 14.8 Å². The molecule has 0 unspecified atom stereocenters. The van der Waals surface area contributed by atoms with Gasteiger partial charge in [0.15, 0.2) is 18.1 Å². The van der Waals surface area contributed by atoms with Crippen molar-refractivity contribution in [3.05, 3.63) is 58.7 Å². The zero-order valence-electron chi connectivity index (χ0n) is 16.1. The van der Waals surface area contributed by atoms with Crippen molar-refractivity contribution in [3.8, 4) is 17.6 Å². The number of rotatable bonds is 6. The van der Waals surface area contributed by atoms with Crippen molar-refractivity contribution < 1.29 is 27.4 Å². The number of methoxy groups -OCH3 is 1. The third kappa shape index (κ3) is 6.01. The lowest BCUT2D eigenvalue weighted by Gasteiger charge is -2.13. The summed E-state index contributed by atoms with van der Waals surface area (Å²) in [5.74, 6) is -0.641. The van der Waals surface area contributed by atoms with Gasteiger partial charge in [0.2, 0.25) is 0 Å². The number of aryl methyl sites for hydroxylation is 2. The van der Waals surface area contributed by atoms with E-state index >= 15 is 0 Å². The molecule has 0 aliphatic rings. The number of benzene rings is 2. The zero-order valence-corrected chi connectivity index (χ0v) is 16.1. The SMILES string of the molecule is COc1cc(/C=C(/C#N)C(=O)Nc2c(C)cccc2C)ccc1OCC(F)(F)F. The Morgan fingerprint density at radius 1 is 1.17 bits per heavy atom. The minimum atomic E-state index is -4.48. The van der Waals surface area contributed by atoms with Gasteiger partial charge in [-0.05, 0) is 48.7 Å². The molecule has 2 aromatic rings. The fourth-order valence-corrected chi connectivity index (χ4v) is 2.56. The number of anilines is 1. The maximum atomic E-state index is 12.5. The summed E-state index contributed by atoms with van der Waals surface area (Å²) in [5, 5.41) is 12.1. The standard InChI is InChI=1S/C21H19F3N2O3/c1-13-5-4-6-14(2)19(13)26-20(27)16(11-25)9-15-7-8-17(18(10-15)28-3)29-12-21(22,23)24/h4-10H,12H2,1-3H3,(H,26,27)/b16-9-. The van der Waals surface area contributed by atoms with Crippen molar-refractivity contribution in [2.45, 2.75) is 20.0 Å². The molecular formula is C21H19F3N2O3. The number of ether oxygens (including phenoxy) is 2. The molecule has 5 nitrogen and oxygen atoms in total. The van der Waals surface area contributed by atoms with Crippen LogP contribution in [0.2, 0.25) is 0 Å². The highest BCUT2D eigenvalue weighted by Crippen LogP contribution is 2.30. The van der Waals surface area contributed by atoms with E-state index in [1.807, 2.05) is 38.1 Å². The van der Waals surface area contributed by atoms with Crippen molar-refractivity contribution in [2.75, 3.05) is 19.0 Å². The maximum absolute atomic E-state index is 12.5. The van der Waals surface area contributed by atoms with Gasteiger partial charge in [0, 0.05) is 5.69 Å². The van der Waals surface area contributed by atoms with E-state index in [0.29, 0.717) is 11.3 Å². The smallest absolute Gasteiger partial charge is 0.422 e. The molecule has 0 aliphatic heterocycles. The second-order valence-corrected chi connectivity index (χ2v) is 6.20. The molecule has 0 aliphatic carbocycles. The summed E-state index contributed by atoms with van der Waals surface area (Å²) in [7, 11) is 1.28. The zero-order chi connectivity index (χ0) is 21.6. The van der Waals surface area contributed by atoms with Crippen LogP contribution >= 0.6 is 0 Å². The van der Waals surface area contributed by atoms with E-state index in [9.17, 15) is 23.2 Å². The predicted molar refractivity (Wildman–Crippen MR) is 103 cm³/mol. The number of carbonyl (C=O) groups is 1. The molecule has 0 aromatic heterocycles. The Morgan fingerprint density at radius 3 is 2.38 bits per heavy atom.